The number of ether oxygens (including phenoxy) is 17. The van der Waals surface area contributed by atoms with Crippen LogP contribution < -0.4 is 42.5 Å². The van der Waals surface area contributed by atoms with Gasteiger partial charge >= 0.3 is 7.60 Å². The van der Waals surface area contributed by atoms with Gasteiger partial charge in [-0.25, -0.2) is 0 Å². The minimum absolute atomic E-state index is 0.0105. The van der Waals surface area contributed by atoms with Crippen LogP contribution in [0.5, 0.6) is 0 Å². The highest BCUT2D eigenvalue weighted by molar-refractivity contribution is 7.51. The normalized spacial score (nSPS) is 24.9. The molecule has 652 valence electrons. The first-order valence-electron chi connectivity index (χ1n) is 37.0. The third kappa shape index (κ3) is 44.3. The molecular formula is C66H121N8O37P. The average Bonchev–Trinajstić information content (AvgIpc) is 0.820. The zero-order valence-electron chi connectivity index (χ0n) is 63.9. The highest BCUT2D eigenvalue weighted by atomic mass is 31.2. The topological polar surface area (TPSA) is 618 Å². The zero-order chi connectivity index (χ0) is 82.5. The van der Waals surface area contributed by atoms with E-state index in [0.717, 1.165) is 6.66 Å². The molecule has 0 aliphatic carbocycles. The van der Waals surface area contributed by atoms with E-state index in [9.17, 15) is 88.9 Å². The summed E-state index contributed by atoms with van der Waals surface area (Å²) in [5, 5.41) is 112. The summed E-state index contributed by atoms with van der Waals surface area (Å²) in [7, 11) is -3.52. The van der Waals surface area contributed by atoms with Crippen LogP contribution in [0.15, 0.2) is 0 Å². The number of nitrogens with one attached hydrogen (secondary N) is 8. The molecule has 112 heavy (non-hydrogen) atoms. The summed E-state index contributed by atoms with van der Waals surface area (Å²) < 4.78 is 110. The van der Waals surface area contributed by atoms with E-state index in [1.165, 1.54) is 20.8 Å². The maximum Gasteiger partial charge on any atom is 0.325 e. The second-order valence-corrected chi connectivity index (χ2v) is 27.1. The Balaban J connectivity index is 1.53. The molecule has 0 bridgehead atoms. The lowest BCUT2D eigenvalue weighted by molar-refractivity contribution is -0.272. The molecule has 3 heterocycles. The molecule has 3 aliphatic heterocycles. The summed E-state index contributed by atoms with van der Waals surface area (Å²) in [5.41, 5.74) is 0. The molecule has 46 heteroatoms. The first kappa shape index (κ1) is 101. The zero-order valence-corrected chi connectivity index (χ0v) is 64.8. The van der Waals surface area contributed by atoms with Crippen LogP contribution in [0.1, 0.15) is 52.9 Å². The number of rotatable bonds is 65. The van der Waals surface area contributed by atoms with Gasteiger partial charge in [0.1, 0.15) is 85.1 Å². The van der Waals surface area contributed by atoms with E-state index in [-0.39, 0.29) is 151 Å². The maximum atomic E-state index is 13.8. The molecule has 18 atom stereocenters. The molecule has 3 aliphatic rings. The standard InChI is InChI=1S/C66H121N8O37P/c1-42(78)70-53-59(87)56(84)47(39-75)109-64(53)105-35-31-95-14-10-67-50(81)7-5-45(62(90)68-11-15-96-32-36-106-65-54(71-43(2)79)60(88)57(85)48(40-76)110-65)73-51(82)8-6-46(63(91)69-12-16-97-33-37-107-66-55(72-44(3)80)61(89)58(86)49(41-77)111-66)74-52(83)9-13-94-17-18-98-19-20-99-21-22-100-23-24-101-25-26-102-27-28-103-29-30-104-34-38-108-112(4,92)93/h45-49,53-61,64-66,75-77,84-89H,5-41H2,1-4H3,(H,67,81)(H,68,90)(H,69,91)(H,70,78)(H,71,79)(H,72,80)(H,73,82)(H,74,83)(H,92,93). The molecule has 0 saturated carbocycles. The van der Waals surface area contributed by atoms with Crippen molar-refractivity contribution in [2.45, 2.75) is 157 Å². The van der Waals surface area contributed by atoms with Crippen molar-refractivity contribution < 1.29 is 179 Å². The van der Waals surface area contributed by atoms with Gasteiger partial charge in [0.25, 0.3) is 0 Å². The van der Waals surface area contributed by atoms with E-state index in [1.54, 1.807) is 0 Å². The predicted octanol–water partition coefficient (Wildman–Crippen LogP) is -9.85. The fourth-order valence-electron chi connectivity index (χ4n) is 10.6. The second kappa shape index (κ2) is 60.4. The van der Waals surface area contributed by atoms with Crippen LogP contribution in [-0.2, 0) is 128 Å². The summed E-state index contributed by atoms with van der Waals surface area (Å²) in [4.78, 5) is 112. The van der Waals surface area contributed by atoms with Crippen molar-refractivity contribution in [2.24, 2.45) is 0 Å². The van der Waals surface area contributed by atoms with Crippen LogP contribution in [0.3, 0.4) is 0 Å². The molecule has 0 aromatic carbocycles. The lowest BCUT2D eigenvalue weighted by Crippen LogP contribution is -2.64. The highest BCUT2D eigenvalue weighted by Gasteiger charge is 2.48. The van der Waals surface area contributed by atoms with Crippen LogP contribution in [0.2, 0.25) is 0 Å². The second-order valence-electron chi connectivity index (χ2n) is 25.3. The predicted molar refractivity (Wildman–Crippen MR) is 381 cm³/mol. The summed E-state index contributed by atoms with van der Waals surface area (Å²) in [6.07, 6.45) is -18.3. The fraction of sp³-hybridized carbons (Fsp3) is 0.879. The van der Waals surface area contributed by atoms with Gasteiger partial charge in [0, 0.05) is 66.3 Å². The summed E-state index contributed by atoms with van der Waals surface area (Å²) in [6, 6.07) is -6.31. The number of hydrogen-bond donors (Lipinski definition) is 18. The fourth-order valence-corrected chi connectivity index (χ4v) is 11.0. The Morgan fingerprint density at radius 1 is 0.348 bits per heavy atom. The number of carbonyl (C=O) groups excluding carboxylic acids is 8. The van der Waals surface area contributed by atoms with Crippen molar-refractivity contribution in [3.63, 3.8) is 0 Å². The van der Waals surface area contributed by atoms with Crippen LogP contribution >= 0.6 is 7.60 Å². The monoisotopic (exact) mass is 1650 g/mol. The van der Waals surface area contributed by atoms with Gasteiger partial charge < -0.3 is 178 Å². The van der Waals surface area contributed by atoms with E-state index < -0.39 is 185 Å². The summed E-state index contributed by atoms with van der Waals surface area (Å²) >= 11 is 0. The van der Waals surface area contributed by atoms with Crippen molar-refractivity contribution in [2.75, 3.05) is 218 Å². The van der Waals surface area contributed by atoms with E-state index >= 15 is 0 Å². The number of hydrogen-bond acceptors (Lipinski definition) is 36. The van der Waals surface area contributed by atoms with Crippen molar-refractivity contribution >= 4 is 54.9 Å². The van der Waals surface area contributed by atoms with Gasteiger partial charge in [0.15, 0.2) is 18.9 Å². The number of aliphatic hydroxyl groups excluding tert-OH is 9. The molecular weight excluding hydrogens is 1530 g/mol. The quantitative estimate of drug-likeness (QED) is 0.0199. The van der Waals surface area contributed by atoms with Crippen molar-refractivity contribution in [1.29, 1.82) is 0 Å². The van der Waals surface area contributed by atoms with Gasteiger partial charge in [-0.05, 0) is 12.8 Å². The number of carbonyl (C=O) groups is 8. The molecule has 18 unspecified atom stereocenters. The van der Waals surface area contributed by atoms with Crippen LogP contribution in [0.25, 0.3) is 0 Å². The summed E-state index contributed by atoms with van der Waals surface area (Å²) in [5.74, 6) is -5.14. The molecule has 3 rings (SSSR count). The molecule has 0 aromatic heterocycles. The Bertz CT molecular complexity index is 2660. The third-order valence-corrected chi connectivity index (χ3v) is 16.9. The molecule has 3 saturated heterocycles. The molecule has 3 fully saturated rings. The smallest absolute Gasteiger partial charge is 0.325 e. The Hall–Kier alpha value is -5.13. The molecule has 18 N–H and O–H groups in total. The molecule has 0 aromatic rings. The van der Waals surface area contributed by atoms with Gasteiger partial charge in [0.05, 0.1) is 192 Å². The van der Waals surface area contributed by atoms with Crippen molar-refractivity contribution in [3.05, 3.63) is 0 Å². The lowest BCUT2D eigenvalue weighted by Gasteiger charge is -2.42. The van der Waals surface area contributed by atoms with Crippen molar-refractivity contribution in [1.82, 2.24) is 42.5 Å². The molecule has 8 amide bonds. The highest BCUT2D eigenvalue weighted by Crippen LogP contribution is 2.36. The molecule has 0 radical (unpaired) electrons. The van der Waals surface area contributed by atoms with Gasteiger partial charge in [0.2, 0.25) is 47.3 Å². The number of aliphatic hydroxyl groups is 9. The first-order chi connectivity index (χ1) is 53.7. The van der Waals surface area contributed by atoms with E-state index in [2.05, 4.69) is 42.5 Å². The maximum absolute atomic E-state index is 13.8. The van der Waals surface area contributed by atoms with Crippen LogP contribution in [0.4, 0.5) is 0 Å². The van der Waals surface area contributed by atoms with E-state index in [1.807, 2.05) is 0 Å². The van der Waals surface area contributed by atoms with Crippen LogP contribution in [-0.4, -0.2) is 420 Å². The Labute approximate surface area is 649 Å². The number of amides is 8. The minimum Gasteiger partial charge on any atom is -0.394 e. The lowest BCUT2D eigenvalue weighted by atomic mass is 9.97. The first-order valence-corrected chi connectivity index (χ1v) is 39.0. The Morgan fingerprint density at radius 3 is 0.902 bits per heavy atom. The van der Waals surface area contributed by atoms with E-state index in [0.29, 0.717) is 66.1 Å². The van der Waals surface area contributed by atoms with Gasteiger partial charge in [-0.2, -0.15) is 0 Å². The molecule has 0 spiro atoms. The van der Waals surface area contributed by atoms with E-state index in [4.69, 9.17) is 89.9 Å². The van der Waals surface area contributed by atoms with Gasteiger partial charge in [-0.15, -0.1) is 0 Å². The Kier molecular flexibility index (Phi) is 54.5. The Morgan fingerprint density at radius 2 is 0.607 bits per heavy atom. The average molecular weight is 1650 g/mol. The SMILES string of the molecule is CC(=O)NC1C(OCCOCCNC(=O)CCC(NC(=O)CCC(NC(=O)CCOCCOCCOCCOCCOCCOCCOCCOCCOP(C)(=O)O)C(=O)NCCOCCOC2OC(CO)C(O)C(O)C2NC(C)=O)C(=O)NCCOCCOC2OC(CO)C(O)C(O)C2NC(C)=O)OC(CO)C(O)C1O. The van der Waals surface area contributed by atoms with Crippen LogP contribution in [0, 0.1) is 0 Å². The molecule has 45 nitrogen and oxygen atoms in total. The third-order valence-electron chi connectivity index (χ3n) is 16.2. The van der Waals surface area contributed by atoms with Gasteiger partial charge in [-0.1, -0.05) is 0 Å². The largest absolute Gasteiger partial charge is 0.394 e. The van der Waals surface area contributed by atoms with Crippen molar-refractivity contribution in [3.8, 4) is 0 Å². The van der Waals surface area contributed by atoms with Gasteiger partial charge in [-0.3, -0.25) is 42.9 Å². The summed E-state index contributed by atoms with van der Waals surface area (Å²) in [6.45, 7) is 5.48. The minimum atomic E-state index is -3.52.